The molecule has 4 heteroatoms. The summed E-state index contributed by atoms with van der Waals surface area (Å²) in [4.78, 5) is 10.2. The molecule has 1 aliphatic heterocycles. The highest BCUT2D eigenvalue weighted by molar-refractivity contribution is 4.98. The molecule has 2 fully saturated rings. The van der Waals surface area contributed by atoms with Crippen LogP contribution >= 0.6 is 0 Å². The van der Waals surface area contributed by atoms with Crippen LogP contribution in [-0.4, -0.2) is 40.0 Å². The Morgan fingerprint density at radius 3 is 3.06 bits per heavy atom. The Kier molecular flexibility index (Phi) is 3.16. The number of nitrogens with zero attached hydrogens (tertiary/aromatic N) is 2. The summed E-state index contributed by atoms with van der Waals surface area (Å²) in [6, 6.07) is 1.94. The molecule has 94 valence electrons. The quantitative estimate of drug-likeness (QED) is 0.815. The molecular formula is C13H22N4. The molecule has 0 radical (unpaired) electrons. The van der Waals surface area contributed by atoms with E-state index >= 15 is 0 Å². The Labute approximate surface area is 103 Å². The van der Waals surface area contributed by atoms with Crippen LogP contribution in [0.3, 0.4) is 0 Å². The van der Waals surface area contributed by atoms with Crippen molar-refractivity contribution in [2.45, 2.75) is 50.7 Å². The third-order valence-electron chi connectivity index (χ3n) is 3.98. The van der Waals surface area contributed by atoms with Crippen molar-refractivity contribution in [3.8, 4) is 0 Å². The predicted octanol–water partition coefficient (Wildman–Crippen LogP) is 1.69. The van der Waals surface area contributed by atoms with Crippen molar-refractivity contribution < 1.29 is 0 Å². The zero-order chi connectivity index (χ0) is 11.7. The van der Waals surface area contributed by atoms with E-state index < -0.39 is 0 Å². The summed E-state index contributed by atoms with van der Waals surface area (Å²) in [7, 11) is 0. The van der Waals surface area contributed by atoms with Crippen LogP contribution < -0.4 is 5.32 Å². The van der Waals surface area contributed by atoms with Crippen molar-refractivity contribution in [3.05, 3.63) is 18.2 Å². The SMILES string of the molecule is CCC(NC1CCN(C2CC2)C1)c1ncc[nH]1. The van der Waals surface area contributed by atoms with Crippen molar-refractivity contribution in [3.63, 3.8) is 0 Å². The molecule has 1 aromatic rings. The lowest BCUT2D eigenvalue weighted by atomic mass is 10.1. The van der Waals surface area contributed by atoms with Crippen LogP contribution in [0.25, 0.3) is 0 Å². The van der Waals surface area contributed by atoms with Crippen LogP contribution in [0.1, 0.15) is 44.5 Å². The molecule has 2 atom stereocenters. The van der Waals surface area contributed by atoms with E-state index in [9.17, 15) is 0 Å². The summed E-state index contributed by atoms with van der Waals surface area (Å²) < 4.78 is 0. The number of aromatic nitrogens is 2. The first-order valence-corrected chi connectivity index (χ1v) is 6.86. The molecule has 3 rings (SSSR count). The van der Waals surface area contributed by atoms with Gasteiger partial charge in [-0.25, -0.2) is 4.98 Å². The number of hydrogen-bond acceptors (Lipinski definition) is 3. The molecular weight excluding hydrogens is 212 g/mol. The molecule has 17 heavy (non-hydrogen) atoms. The largest absolute Gasteiger partial charge is 0.347 e. The van der Waals surface area contributed by atoms with E-state index in [-0.39, 0.29) is 0 Å². The summed E-state index contributed by atoms with van der Waals surface area (Å²) >= 11 is 0. The van der Waals surface area contributed by atoms with E-state index in [0.717, 1.165) is 18.3 Å². The molecule has 1 aliphatic carbocycles. The smallest absolute Gasteiger partial charge is 0.123 e. The second-order valence-corrected chi connectivity index (χ2v) is 5.31. The first kappa shape index (κ1) is 11.2. The van der Waals surface area contributed by atoms with Gasteiger partial charge in [0.25, 0.3) is 0 Å². The van der Waals surface area contributed by atoms with Gasteiger partial charge in [0.05, 0.1) is 6.04 Å². The predicted molar refractivity (Wildman–Crippen MR) is 67.8 cm³/mol. The molecule has 2 aliphatic rings. The highest BCUT2D eigenvalue weighted by Crippen LogP contribution is 2.30. The average Bonchev–Trinajstić information content (AvgIpc) is 2.89. The van der Waals surface area contributed by atoms with E-state index in [1.54, 1.807) is 0 Å². The first-order chi connectivity index (χ1) is 8.36. The third kappa shape index (κ3) is 2.53. The van der Waals surface area contributed by atoms with Crippen LogP contribution in [0.15, 0.2) is 12.4 Å². The molecule has 1 aromatic heterocycles. The van der Waals surface area contributed by atoms with Gasteiger partial charge in [0, 0.05) is 37.6 Å². The summed E-state index contributed by atoms with van der Waals surface area (Å²) in [5.74, 6) is 1.08. The maximum Gasteiger partial charge on any atom is 0.123 e. The van der Waals surface area contributed by atoms with Gasteiger partial charge in [-0.2, -0.15) is 0 Å². The van der Waals surface area contributed by atoms with Gasteiger partial charge in [0.1, 0.15) is 5.82 Å². The molecule has 0 spiro atoms. The fraction of sp³-hybridized carbons (Fsp3) is 0.769. The Hall–Kier alpha value is -0.870. The van der Waals surface area contributed by atoms with Crippen molar-refractivity contribution in [2.75, 3.05) is 13.1 Å². The molecule has 1 saturated carbocycles. The van der Waals surface area contributed by atoms with Crippen LogP contribution in [0, 0.1) is 0 Å². The number of hydrogen-bond donors (Lipinski definition) is 2. The van der Waals surface area contributed by atoms with Crippen LogP contribution in [0.4, 0.5) is 0 Å². The zero-order valence-electron chi connectivity index (χ0n) is 10.5. The lowest BCUT2D eigenvalue weighted by Gasteiger charge is -2.21. The zero-order valence-corrected chi connectivity index (χ0v) is 10.5. The number of likely N-dealkylation sites (tertiary alicyclic amines) is 1. The highest BCUT2D eigenvalue weighted by Gasteiger charge is 2.34. The Morgan fingerprint density at radius 2 is 2.41 bits per heavy atom. The fourth-order valence-corrected chi connectivity index (χ4v) is 2.84. The number of aromatic amines is 1. The Bertz CT molecular complexity index is 344. The average molecular weight is 234 g/mol. The third-order valence-corrected chi connectivity index (χ3v) is 3.98. The minimum absolute atomic E-state index is 0.383. The van der Waals surface area contributed by atoms with Gasteiger partial charge < -0.3 is 10.3 Å². The molecule has 2 heterocycles. The van der Waals surface area contributed by atoms with E-state index in [1.807, 2.05) is 12.4 Å². The van der Waals surface area contributed by atoms with E-state index in [2.05, 4.69) is 27.1 Å². The number of H-pyrrole nitrogens is 1. The highest BCUT2D eigenvalue weighted by atomic mass is 15.2. The number of rotatable bonds is 5. The summed E-state index contributed by atoms with van der Waals surface area (Å²) in [6.45, 7) is 4.71. The van der Waals surface area contributed by atoms with Crippen molar-refractivity contribution in [1.82, 2.24) is 20.2 Å². The van der Waals surface area contributed by atoms with Crippen molar-refractivity contribution >= 4 is 0 Å². The van der Waals surface area contributed by atoms with Crippen LogP contribution in [-0.2, 0) is 0 Å². The minimum Gasteiger partial charge on any atom is -0.347 e. The monoisotopic (exact) mass is 234 g/mol. The standard InChI is InChI=1S/C13H22N4/c1-2-12(13-14-6-7-15-13)16-10-5-8-17(9-10)11-3-4-11/h6-7,10-12,16H,2-5,8-9H2,1H3,(H,14,15). The Balaban J connectivity index is 1.55. The minimum atomic E-state index is 0.383. The van der Waals surface area contributed by atoms with Gasteiger partial charge in [0.15, 0.2) is 0 Å². The lowest BCUT2D eigenvalue weighted by Crippen LogP contribution is -2.36. The number of nitrogens with one attached hydrogen (secondary N) is 2. The summed E-state index contributed by atoms with van der Waals surface area (Å²) in [5, 5.41) is 3.75. The molecule has 2 unspecified atom stereocenters. The normalized spacial score (nSPS) is 27.5. The Morgan fingerprint density at radius 1 is 1.53 bits per heavy atom. The lowest BCUT2D eigenvalue weighted by molar-refractivity contribution is 0.310. The van der Waals surface area contributed by atoms with Gasteiger partial charge in [-0.3, -0.25) is 4.90 Å². The topological polar surface area (TPSA) is 44.0 Å². The molecule has 1 saturated heterocycles. The van der Waals surface area contributed by atoms with Gasteiger partial charge in [0.2, 0.25) is 0 Å². The molecule has 2 N–H and O–H groups in total. The molecule has 0 aromatic carbocycles. The van der Waals surface area contributed by atoms with Crippen LogP contribution in [0.2, 0.25) is 0 Å². The van der Waals surface area contributed by atoms with Gasteiger partial charge >= 0.3 is 0 Å². The molecule has 4 nitrogen and oxygen atoms in total. The van der Waals surface area contributed by atoms with Crippen LogP contribution in [0.5, 0.6) is 0 Å². The molecule has 0 amide bonds. The molecule has 0 bridgehead atoms. The van der Waals surface area contributed by atoms with Gasteiger partial charge in [-0.1, -0.05) is 6.92 Å². The fourth-order valence-electron chi connectivity index (χ4n) is 2.84. The van der Waals surface area contributed by atoms with Crippen molar-refractivity contribution in [2.24, 2.45) is 0 Å². The van der Waals surface area contributed by atoms with Gasteiger partial charge in [-0.15, -0.1) is 0 Å². The van der Waals surface area contributed by atoms with Gasteiger partial charge in [-0.05, 0) is 25.7 Å². The first-order valence-electron chi connectivity index (χ1n) is 6.86. The maximum absolute atomic E-state index is 4.36. The second kappa shape index (κ2) is 4.78. The van der Waals surface area contributed by atoms with E-state index in [0.29, 0.717) is 12.1 Å². The maximum atomic E-state index is 4.36. The second-order valence-electron chi connectivity index (χ2n) is 5.31. The van der Waals surface area contributed by atoms with Crippen molar-refractivity contribution in [1.29, 1.82) is 0 Å². The number of imidazole rings is 1. The summed E-state index contributed by atoms with van der Waals surface area (Å²) in [5.41, 5.74) is 0. The summed E-state index contributed by atoms with van der Waals surface area (Å²) in [6.07, 6.45) is 8.96. The van der Waals surface area contributed by atoms with E-state index in [4.69, 9.17) is 0 Å². The van der Waals surface area contributed by atoms with E-state index in [1.165, 1.54) is 32.4 Å².